The van der Waals surface area contributed by atoms with Crippen LogP contribution in [0.25, 0.3) is 0 Å². The number of hydrogen-bond donors (Lipinski definition) is 2. The minimum Gasteiger partial charge on any atom is -0.357 e. The van der Waals surface area contributed by atoms with Crippen LogP contribution in [0.4, 0.5) is 0 Å². The second-order valence-corrected chi connectivity index (χ2v) is 8.68. The van der Waals surface area contributed by atoms with Crippen LogP contribution < -0.4 is 10.6 Å². The molecule has 2 unspecified atom stereocenters. The molecular weight excluding hydrogens is 318 g/mol. The van der Waals surface area contributed by atoms with E-state index >= 15 is 0 Å². The van der Waals surface area contributed by atoms with E-state index in [1.54, 1.807) is 11.3 Å². The lowest BCUT2D eigenvalue weighted by molar-refractivity contribution is 0.581. The summed E-state index contributed by atoms with van der Waals surface area (Å²) in [7, 11) is -2.92. The van der Waals surface area contributed by atoms with Gasteiger partial charge in [0, 0.05) is 31.3 Å². The van der Waals surface area contributed by atoms with Gasteiger partial charge in [0.2, 0.25) is 0 Å². The number of rotatable bonds is 8. The van der Waals surface area contributed by atoms with Gasteiger partial charge in [0.1, 0.15) is 9.84 Å². The van der Waals surface area contributed by atoms with Gasteiger partial charge in [-0.3, -0.25) is 4.99 Å². The number of nitrogens with one attached hydrogen (secondary N) is 2. The number of nitrogens with zero attached hydrogens (tertiary/aromatic N) is 1. The van der Waals surface area contributed by atoms with Crippen molar-refractivity contribution in [2.75, 3.05) is 25.1 Å². The van der Waals surface area contributed by atoms with E-state index in [9.17, 15) is 8.42 Å². The highest BCUT2D eigenvalue weighted by molar-refractivity contribution is 7.90. The van der Waals surface area contributed by atoms with E-state index in [-0.39, 0.29) is 11.8 Å². The molecule has 22 heavy (non-hydrogen) atoms. The number of thiophene rings is 1. The predicted molar refractivity (Wildman–Crippen MR) is 95.6 cm³/mol. The van der Waals surface area contributed by atoms with E-state index in [0.29, 0.717) is 18.9 Å². The third-order valence-electron chi connectivity index (χ3n) is 3.28. The maximum Gasteiger partial charge on any atom is 0.191 e. The lowest BCUT2D eigenvalue weighted by atomic mass is 10.1. The summed E-state index contributed by atoms with van der Waals surface area (Å²) in [6.45, 7) is 7.62. The quantitative estimate of drug-likeness (QED) is 0.560. The van der Waals surface area contributed by atoms with Gasteiger partial charge >= 0.3 is 0 Å². The molecule has 5 nitrogen and oxygen atoms in total. The molecule has 0 aliphatic rings. The first-order valence-electron chi connectivity index (χ1n) is 7.56. The maximum atomic E-state index is 11.2. The summed E-state index contributed by atoms with van der Waals surface area (Å²) in [4.78, 5) is 4.60. The molecule has 1 aromatic rings. The molecule has 1 aromatic heterocycles. The molecule has 126 valence electrons. The zero-order valence-electron chi connectivity index (χ0n) is 13.8. The molecule has 0 saturated heterocycles. The van der Waals surface area contributed by atoms with Crippen molar-refractivity contribution >= 4 is 27.1 Å². The van der Waals surface area contributed by atoms with E-state index in [1.807, 2.05) is 13.8 Å². The lowest BCUT2D eigenvalue weighted by Crippen LogP contribution is -2.43. The Morgan fingerprint density at radius 3 is 2.68 bits per heavy atom. The number of guanidine groups is 1. The second kappa shape index (κ2) is 9.15. The van der Waals surface area contributed by atoms with Crippen molar-refractivity contribution in [2.24, 2.45) is 4.99 Å². The van der Waals surface area contributed by atoms with Crippen LogP contribution in [0.2, 0.25) is 0 Å². The first kappa shape index (κ1) is 19.0. The Kier molecular flexibility index (Phi) is 7.89. The molecule has 0 aromatic carbocycles. The lowest BCUT2D eigenvalue weighted by Gasteiger charge is -2.18. The largest absolute Gasteiger partial charge is 0.357 e. The van der Waals surface area contributed by atoms with Gasteiger partial charge in [0.15, 0.2) is 5.96 Å². The average molecular weight is 346 g/mol. The van der Waals surface area contributed by atoms with E-state index in [2.05, 4.69) is 39.4 Å². The van der Waals surface area contributed by atoms with Gasteiger partial charge in [0.05, 0.1) is 5.75 Å². The molecule has 0 aliphatic heterocycles. The Balaban J connectivity index is 2.54. The first-order chi connectivity index (χ1) is 10.3. The van der Waals surface area contributed by atoms with Crippen LogP contribution in [0.1, 0.15) is 38.7 Å². The number of hydrogen-bond acceptors (Lipinski definition) is 4. The molecule has 0 fully saturated rings. The molecule has 0 radical (unpaired) electrons. The Morgan fingerprint density at radius 1 is 1.41 bits per heavy atom. The third kappa shape index (κ3) is 7.79. The zero-order valence-corrected chi connectivity index (χ0v) is 15.4. The van der Waals surface area contributed by atoms with Gasteiger partial charge in [-0.1, -0.05) is 6.92 Å². The van der Waals surface area contributed by atoms with Gasteiger partial charge in [-0.25, -0.2) is 8.42 Å². The van der Waals surface area contributed by atoms with Gasteiger partial charge in [-0.2, -0.15) is 11.3 Å². The summed E-state index contributed by atoms with van der Waals surface area (Å²) in [5.74, 6) is 1.30. The van der Waals surface area contributed by atoms with Crippen molar-refractivity contribution in [3.05, 3.63) is 22.4 Å². The molecule has 7 heteroatoms. The monoisotopic (exact) mass is 345 g/mol. The molecule has 0 amide bonds. The van der Waals surface area contributed by atoms with Crippen molar-refractivity contribution in [3.63, 3.8) is 0 Å². The smallest absolute Gasteiger partial charge is 0.191 e. The van der Waals surface area contributed by atoms with Crippen LogP contribution in [-0.4, -0.2) is 45.5 Å². The van der Waals surface area contributed by atoms with Crippen LogP contribution in [0.3, 0.4) is 0 Å². The van der Waals surface area contributed by atoms with Crippen LogP contribution in [-0.2, 0) is 9.84 Å². The van der Waals surface area contributed by atoms with E-state index in [4.69, 9.17) is 0 Å². The molecule has 2 N–H and O–H groups in total. The van der Waals surface area contributed by atoms with Crippen LogP contribution in [0.15, 0.2) is 21.8 Å². The van der Waals surface area contributed by atoms with Crippen LogP contribution in [0, 0.1) is 0 Å². The molecule has 0 saturated carbocycles. The topological polar surface area (TPSA) is 70.6 Å². The SMILES string of the molecule is CCNC(=NCC(C)c1ccsc1)NC(C)CCS(C)(=O)=O. The van der Waals surface area contributed by atoms with Crippen molar-refractivity contribution in [3.8, 4) is 0 Å². The molecule has 0 bridgehead atoms. The molecule has 0 spiro atoms. The van der Waals surface area contributed by atoms with Gasteiger partial charge in [-0.05, 0) is 42.7 Å². The fourth-order valence-corrected chi connectivity index (χ4v) is 3.47. The summed E-state index contributed by atoms with van der Waals surface area (Å²) in [6, 6.07) is 2.18. The van der Waals surface area contributed by atoms with E-state index in [1.165, 1.54) is 11.8 Å². The highest BCUT2D eigenvalue weighted by Gasteiger charge is 2.10. The number of sulfone groups is 1. The highest BCUT2D eigenvalue weighted by atomic mass is 32.2. The summed E-state index contributed by atoms with van der Waals surface area (Å²) in [5, 5.41) is 10.7. The minimum atomic E-state index is -2.92. The predicted octanol–water partition coefficient (Wildman–Crippen LogP) is 2.23. The summed E-state index contributed by atoms with van der Waals surface area (Å²) in [5.41, 5.74) is 1.30. The Labute approximate surface area is 138 Å². The summed E-state index contributed by atoms with van der Waals surface area (Å²) >= 11 is 1.70. The van der Waals surface area contributed by atoms with Gasteiger partial charge in [0.25, 0.3) is 0 Å². The maximum absolute atomic E-state index is 11.2. The van der Waals surface area contributed by atoms with Gasteiger partial charge in [-0.15, -0.1) is 0 Å². The van der Waals surface area contributed by atoms with Crippen LogP contribution >= 0.6 is 11.3 Å². The minimum absolute atomic E-state index is 0.0592. The molecular formula is C15H27N3O2S2. The normalized spacial score (nSPS) is 15.4. The Hall–Kier alpha value is -1.08. The third-order valence-corrected chi connectivity index (χ3v) is 4.96. The second-order valence-electron chi connectivity index (χ2n) is 5.64. The zero-order chi connectivity index (χ0) is 16.6. The Bertz CT molecular complexity index is 553. The standard InChI is InChI=1S/C15H27N3O2S2/c1-5-16-15(18-13(3)7-9-22(4,19)20)17-10-12(2)14-6-8-21-11-14/h6,8,11-13H,5,7,9-10H2,1-4H3,(H2,16,17,18). The summed E-state index contributed by atoms with van der Waals surface area (Å²) < 4.78 is 22.4. The van der Waals surface area contributed by atoms with Crippen molar-refractivity contribution < 1.29 is 8.42 Å². The highest BCUT2D eigenvalue weighted by Crippen LogP contribution is 2.18. The fraction of sp³-hybridized carbons (Fsp3) is 0.667. The first-order valence-corrected chi connectivity index (χ1v) is 10.6. The molecule has 1 heterocycles. The average Bonchev–Trinajstić information content (AvgIpc) is 2.96. The Morgan fingerprint density at radius 2 is 2.14 bits per heavy atom. The van der Waals surface area contributed by atoms with Gasteiger partial charge < -0.3 is 10.6 Å². The molecule has 1 rings (SSSR count). The molecule has 0 aliphatic carbocycles. The summed E-state index contributed by atoms with van der Waals surface area (Å²) in [6.07, 6.45) is 1.84. The van der Waals surface area contributed by atoms with Crippen molar-refractivity contribution in [2.45, 2.75) is 39.2 Å². The van der Waals surface area contributed by atoms with Crippen LogP contribution in [0.5, 0.6) is 0 Å². The van der Waals surface area contributed by atoms with Crippen molar-refractivity contribution in [1.29, 1.82) is 0 Å². The fourth-order valence-electron chi connectivity index (χ4n) is 1.91. The molecule has 2 atom stereocenters. The van der Waals surface area contributed by atoms with E-state index < -0.39 is 9.84 Å². The van der Waals surface area contributed by atoms with Crippen molar-refractivity contribution in [1.82, 2.24) is 10.6 Å². The number of aliphatic imine (C=N–C) groups is 1. The van der Waals surface area contributed by atoms with E-state index in [0.717, 1.165) is 12.5 Å².